The lowest BCUT2D eigenvalue weighted by molar-refractivity contribution is 0.481. The Balaban J connectivity index is 0.000000653. The normalized spacial score (nSPS) is 12.3. The van der Waals surface area contributed by atoms with Crippen LogP contribution in [-0.2, 0) is 0 Å². The molecule has 0 amide bonds. The zero-order valence-electron chi connectivity index (χ0n) is 6.81. The van der Waals surface area contributed by atoms with Crippen LogP contribution in [0.5, 0.6) is 5.75 Å². The summed E-state index contributed by atoms with van der Waals surface area (Å²) in [7, 11) is 0. The molecule has 0 saturated carbocycles. The minimum atomic E-state index is 0. The van der Waals surface area contributed by atoms with Gasteiger partial charge in [-0.3, -0.25) is 0 Å². The number of hydrogen-bond donors (Lipinski definition) is 0. The molecule has 0 bridgehead atoms. The molecule has 0 unspecified atom stereocenters. The summed E-state index contributed by atoms with van der Waals surface area (Å²) in [6.45, 7) is 0. The molecular formula is C10H8ClNO. The van der Waals surface area contributed by atoms with Crippen molar-refractivity contribution in [3.8, 4) is 5.75 Å². The molecule has 0 N–H and O–H groups in total. The summed E-state index contributed by atoms with van der Waals surface area (Å²) >= 11 is 0. The third-order valence-corrected chi connectivity index (χ3v) is 2.12. The Bertz CT molecular complexity index is 473. The summed E-state index contributed by atoms with van der Waals surface area (Å²) in [5.41, 5.74) is 1.15. The molecule has 0 saturated heterocycles. The van der Waals surface area contributed by atoms with Crippen molar-refractivity contribution in [2.24, 2.45) is 0 Å². The standard InChI is InChI=1S/C10H7NO.ClH/c1-2-8-4-5-11-6-7-12-9(3-1)10(8)11;/h1-7H;1H. The van der Waals surface area contributed by atoms with E-state index in [0.717, 1.165) is 11.3 Å². The van der Waals surface area contributed by atoms with Crippen LogP contribution in [-0.4, -0.2) is 4.57 Å². The maximum atomic E-state index is 5.35. The molecule has 3 heteroatoms. The van der Waals surface area contributed by atoms with Crippen molar-refractivity contribution in [1.29, 1.82) is 0 Å². The van der Waals surface area contributed by atoms with E-state index in [4.69, 9.17) is 4.74 Å². The van der Waals surface area contributed by atoms with Crippen molar-refractivity contribution >= 4 is 29.5 Å². The number of ether oxygens (including phenoxy) is 1. The summed E-state index contributed by atoms with van der Waals surface area (Å²) in [5.74, 6) is 0.931. The van der Waals surface area contributed by atoms with E-state index in [9.17, 15) is 0 Å². The molecular weight excluding hydrogens is 186 g/mol. The lowest BCUT2D eigenvalue weighted by atomic mass is 10.2. The number of benzene rings is 1. The van der Waals surface area contributed by atoms with Gasteiger partial charge in [0.2, 0.25) is 0 Å². The highest BCUT2D eigenvalue weighted by atomic mass is 35.5. The van der Waals surface area contributed by atoms with Crippen LogP contribution in [0.4, 0.5) is 0 Å². The smallest absolute Gasteiger partial charge is 0.151 e. The lowest BCUT2D eigenvalue weighted by Crippen LogP contribution is -1.94. The number of para-hydroxylation sites is 1. The molecule has 2 heterocycles. The van der Waals surface area contributed by atoms with E-state index < -0.39 is 0 Å². The Morgan fingerprint density at radius 2 is 2.08 bits per heavy atom. The van der Waals surface area contributed by atoms with Crippen molar-refractivity contribution in [2.45, 2.75) is 0 Å². The number of nitrogens with zero attached hydrogens (tertiary/aromatic N) is 1. The zero-order valence-corrected chi connectivity index (χ0v) is 7.62. The third kappa shape index (κ3) is 1.03. The summed E-state index contributed by atoms with van der Waals surface area (Å²) in [6.07, 6.45) is 5.64. The molecule has 1 aromatic heterocycles. The molecule has 1 aliphatic heterocycles. The molecule has 2 aromatic rings. The minimum absolute atomic E-state index is 0. The zero-order chi connectivity index (χ0) is 7.97. The quantitative estimate of drug-likeness (QED) is 0.628. The van der Waals surface area contributed by atoms with Gasteiger partial charge in [0.25, 0.3) is 0 Å². The summed E-state index contributed by atoms with van der Waals surface area (Å²) in [5, 5.41) is 1.22. The molecule has 3 rings (SSSR count). The van der Waals surface area contributed by atoms with E-state index in [1.54, 1.807) is 6.26 Å². The third-order valence-electron chi connectivity index (χ3n) is 2.12. The van der Waals surface area contributed by atoms with Crippen molar-refractivity contribution in [3.05, 3.63) is 36.7 Å². The summed E-state index contributed by atoms with van der Waals surface area (Å²) in [6, 6.07) is 8.14. The fraction of sp³-hybridized carbons (Fsp3) is 0. The van der Waals surface area contributed by atoms with Crippen LogP contribution in [0, 0.1) is 0 Å². The van der Waals surface area contributed by atoms with Crippen LogP contribution in [0.1, 0.15) is 0 Å². The van der Waals surface area contributed by atoms with Gasteiger partial charge in [-0.25, -0.2) is 0 Å². The van der Waals surface area contributed by atoms with Gasteiger partial charge in [-0.15, -0.1) is 12.4 Å². The topological polar surface area (TPSA) is 14.2 Å². The van der Waals surface area contributed by atoms with Crippen LogP contribution in [0.2, 0.25) is 0 Å². The molecule has 1 aromatic carbocycles. The molecule has 0 radical (unpaired) electrons. The first-order chi connectivity index (χ1) is 5.95. The van der Waals surface area contributed by atoms with Gasteiger partial charge in [-0.1, -0.05) is 12.1 Å². The maximum Gasteiger partial charge on any atom is 0.151 e. The van der Waals surface area contributed by atoms with E-state index in [0.29, 0.717) is 0 Å². The Morgan fingerprint density at radius 3 is 3.00 bits per heavy atom. The largest absolute Gasteiger partial charge is 0.461 e. The highest BCUT2D eigenvalue weighted by molar-refractivity contribution is 5.88. The number of aromatic nitrogens is 1. The first-order valence-electron chi connectivity index (χ1n) is 3.88. The van der Waals surface area contributed by atoms with E-state index in [1.165, 1.54) is 5.39 Å². The van der Waals surface area contributed by atoms with Gasteiger partial charge in [0.15, 0.2) is 5.75 Å². The van der Waals surface area contributed by atoms with Crippen molar-refractivity contribution < 1.29 is 4.74 Å². The minimum Gasteiger partial charge on any atom is -0.461 e. The predicted molar refractivity (Wildman–Crippen MR) is 55.1 cm³/mol. The Hall–Kier alpha value is -1.41. The summed E-state index contributed by atoms with van der Waals surface area (Å²) in [4.78, 5) is 0. The lowest BCUT2D eigenvalue weighted by Gasteiger charge is -2.09. The van der Waals surface area contributed by atoms with Crippen molar-refractivity contribution in [1.82, 2.24) is 4.57 Å². The van der Waals surface area contributed by atoms with Gasteiger partial charge in [0, 0.05) is 17.8 Å². The number of rotatable bonds is 0. The molecule has 0 atom stereocenters. The Labute approximate surface area is 81.8 Å². The molecule has 0 spiro atoms. The van der Waals surface area contributed by atoms with Crippen LogP contribution in [0.25, 0.3) is 17.1 Å². The van der Waals surface area contributed by atoms with Crippen LogP contribution in [0.3, 0.4) is 0 Å². The van der Waals surface area contributed by atoms with E-state index >= 15 is 0 Å². The van der Waals surface area contributed by atoms with Crippen molar-refractivity contribution in [2.75, 3.05) is 0 Å². The fourth-order valence-electron chi connectivity index (χ4n) is 1.57. The van der Waals surface area contributed by atoms with Gasteiger partial charge in [-0.2, -0.15) is 0 Å². The average Bonchev–Trinajstić information content (AvgIpc) is 2.52. The molecule has 13 heavy (non-hydrogen) atoms. The van der Waals surface area contributed by atoms with Crippen LogP contribution in [0.15, 0.2) is 36.7 Å². The highest BCUT2D eigenvalue weighted by Gasteiger charge is 2.07. The fourth-order valence-corrected chi connectivity index (χ4v) is 1.57. The average molecular weight is 194 g/mol. The van der Waals surface area contributed by atoms with Gasteiger partial charge in [0.05, 0.1) is 5.52 Å². The number of hydrogen-bond acceptors (Lipinski definition) is 1. The first-order valence-corrected chi connectivity index (χ1v) is 3.88. The Kier molecular flexibility index (Phi) is 1.78. The van der Waals surface area contributed by atoms with E-state index in [1.807, 2.05) is 24.5 Å². The monoisotopic (exact) mass is 193 g/mol. The van der Waals surface area contributed by atoms with Crippen LogP contribution >= 0.6 is 12.4 Å². The SMILES string of the molecule is C1=Cn2ccc3cccc(c32)O1.Cl. The van der Waals surface area contributed by atoms with Gasteiger partial charge < -0.3 is 9.30 Å². The predicted octanol–water partition coefficient (Wildman–Crippen LogP) is 2.88. The maximum absolute atomic E-state index is 5.35. The van der Waals surface area contributed by atoms with Crippen molar-refractivity contribution in [3.63, 3.8) is 0 Å². The van der Waals surface area contributed by atoms with Crippen LogP contribution < -0.4 is 4.74 Å². The molecule has 66 valence electrons. The summed E-state index contributed by atoms with van der Waals surface area (Å²) < 4.78 is 7.42. The van der Waals surface area contributed by atoms with E-state index in [-0.39, 0.29) is 12.4 Å². The van der Waals surface area contributed by atoms with Gasteiger partial charge >= 0.3 is 0 Å². The molecule has 0 fully saturated rings. The highest BCUT2D eigenvalue weighted by Crippen LogP contribution is 2.29. The molecule has 2 nitrogen and oxygen atoms in total. The second-order valence-corrected chi connectivity index (χ2v) is 2.82. The molecule has 1 aliphatic rings. The molecule has 0 aliphatic carbocycles. The number of halogens is 1. The van der Waals surface area contributed by atoms with Gasteiger partial charge in [0.1, 0.15) is 6.26 Å². The second-order valence-electron chi connectivity index (χ2n) is 2.82. The van der Waals surface area contributed by atoms with Gasteiger partial charge in [-0.05, 0) is 12.1 Å². The second kappa shape index (κ2) is 2.82. The first kappa shape index (κ1) is 8.20. The Morgan fingerprint density at radius 1 is 1.15 bits per heavy atom. The van der Waals surface area contributed by atoms with E-state index in [2.05, 4.69) is 16.7 Å².